The number of benzene rings is 1. The van der Waals surface area contributed by atoms with Crippen LogP contribution in [0.4, 0.5) is 4.39 Å². The summed E-state index contributed by atoms with van der Waals surface area (Å²) in [4.78, 5) is 11.0. The van der Waals surface area contributed by atoms with E-state index in [1.165, 1.54) is 13.1 Å². The summed E-state index contributed by atoms with van der Waals surface area (Å²) < 4.78 is 15.6. The average Bonchev–Trinajstić information content (AvgIpc) is 2.59. The van der Waals surface area contributed by atoms with Crippen LogP contribution in [-0.2, 0) is 7.05 Å². The van der Waals surface area contributed by atoms with Gasteiger partial charge in [0.15, 0.2) is 5.69 Å². The van der Waals surface area contributed by atoms with Gasteiger partial charge in [0.2, 0.25) is 0 Å². The third-order valence-electron chi connectivity index (χ3n) is 2.46. The number of hydrogen-bond acceptors (Lipinski definition) is 2. The van der Waals surface area contributed by atoms with Gasteiger partial charge in [-0.3, -0.25) is 4.68 Å². The molecule has 0 saturated carbocycles. The molecule has 0 aliphatic carbocycles. The van der Waals surface area contributed by atoms with Crippen LogP contribution in [0.15, 0.2) is 12.1 Å². The van der Waals surface area contributed by atoms with Crippen molar-refractivity contribution in [2.45, 2.75) is 0 Å². The van der Waals surface area contributed by atoms with Gasteiger partial charge in [-0.05, 0) is 34.7 Å². The van der Waals surface area contributed by atoms with Crippen LogP contribution in [0.1, 0.15) is 10.5 Å². The molecule has 2 rings (SSSR count). The van der Waals surface area contributed by atoms with Crippen molar-refractivity contribution in [1.29, 1.82) is 0 Å². The number of aryl methyl sites for hydroxylation is 1. The van der Waals surface area contributed by atoms with Crippen LogP contribution >= 0.6 is 45.8 Å². The van der Waals surface area contributed by atoms with Crippen molar-refractivity contribution in [3.05, 3.63) is 37.3 Å². The monoisotopic (exact) mass is 414 g/mol. The highest BCUT2D eigenvalue weighted by atomic mass is 127. The maximum atomic E-state index is 13.9. The van der Waals surface area contributed by atoms with Crippen molar-refractivity contribution >= 4 is 51.8 Å². The average molecular weight is 415 g/mol. The minimum Gasteiger partial charge on any atom is -0.476 e. The summed E-state index contributed by atoms with van der Waals surface area (Å²) >= 11 is 13.7. The van der Waals surface area contributed by atoms with E-state index in [1.807, 2.05) is 22.6 Å². The second-order valence-electron chi connectivity index (χ2n) is 3.69. The van der Waals surface area contributed by atoms with Crippen molar-refractivity contribution in [2.75, 3.05) is 0 Å². The largest absolute Gasteiger partial charge is 0.476 e. The summed E-state index contributed by atoms with van der Waals surface area (Å²) in [5.41, 5.74) is -0.00317. The first-order chi connectivity index (χ1) is 8.82. The van der Waals surface area contributed by atoms with Gasteiger partial charge in [-0.2, -0.15) is 5.10 Å². The third-order valence-corrected chi connectivity index (χ3v) is 4.34. The van der Waals surface area contributed by atoms with E-state index in [9.17, 15) is 9.18 Å². The van der Waals surface area contributed by atoms with Crippen molar-refractivity contribution in [3.63, 3.8) is 0 Å². The number of carboxylic acid groups (broad SMARTS) is 1. The maximum Gasteiger partial charge on any atom is 0.355 e. The molecule has 1 aromatic heterocycles. The molecule has 0 unspecified atom stereocenters. The molecule has 0 amide bonds. The zero-order chi connectivity index (χ0) is 14.3. The Hall–Kier alpha value is -0.860. The first kappa shape index (κ1) is 14.5. The summed E-state index contributed by atoms with van der Waals surface area (Å²) in [7, 11) is 1.43. The molecule has 4 nitrogen and oxygen atoms in total. The Bertz CT molecular complexity index is 688. The lowest BCUT2D eigenvalue weighted by atomic mass is 10.1. The molecule has 1 heterocycles. The molecule has 0 bridgehead atoms. The van der Waals surface area contributed by atoms with E-state index in [0.717, 1.165) is 10.7 Å². The standard InChI is InChI=1S/C11H6Cl2FIN2O2/c1-17-10(11(18)19)8(13)9(16-17)4-2-7(15)5(12)3-6(4)14/h2-3H,1H3,(H,18,19). The number of carbonyl (C=O) groups is 1. The Morgan fingerprint density at radius 2 is 2.11 bits per heavy atom. The fourth-order valence-corrected chi connectivity index (χ4v) is 2.57. The van der Waals surface area contributed by atoms with Gasteiger partial charge in [-0.25, -0.2) is 9.18 Å². The number of carboxylic acids is 1. The zero-order valence-corrected chi connectivity index (χ0v) is 13.1. The van der Waals surface area contributed by atoms with E-state index in [2.05, 4.69) is 5.10 Å². The Morgan fingerprint density at radius 3 is 2.63 bits per heavy atom. The normalized spacial score (nSPS) is 10.8. The fourth-order valence-electron chi connectivity index (χ4n) is 1.61. The summed E-state index contributed by atoms with van der Waals surface area (Å²) in [6, 6.07) is 2.61. The van der Waals surface area contributed by atoms with Gasteiger partial charge >= 0.3 is 5.97 Å². The molecule has 0 radical (unpaired) electrons. The smallest absolute Gasteiger partial charge is 0.355 e. The summed E-state index contributed by atoms with van der Waals surface area (Å²) in [5.74, 6) is -1.84. The highest BCUT2D eigenvalue weighted by Crippen LogP contribution is 2.34. The summed E-state index contributed by atoms with van der Waals surface area (Å²) in [6.45, 7) is 0. The van der Waals surface area contributed by atoms with Gasteiger partial charge < -0.3 is 5.11 Å². The van der Waals surface area contributed by atoms with E-state index < -0.39 is 11.8 Å². The Morgan fingerprint density at radius 1 is 1.47 bits per heavy atom. The highest BCUT2D eigenvalue weighted by Gasteiger charge is 2.23. The maximum absolute atomic E-state index is 13.9. The molecule has 0 atom stereocenters. The molecule has 0 spiro atoms. The first-order valence-corrected chi connectivity index (χ1v) is 6.77. The van der Waals surface area contributed by atoms with Gasteiger partial charge in [0.05, 0.1) is 5.02 Å². The summed E-state index contributed by atoms with van der Waals surface area (Å²) in [5, 5.41) is 13.1. The quantitative estimate of drug-likeness (QED) is 0.600. The van der Waals surface area contributed by atoms with Crippen LogP contribution in [0, 0.1) is 9.39 Å². The molecule has 1 N–H and O–H groups in total. The van der Waals surface area contributed by atoms with Gasteiger partial charge in [0.1, 0.15) is 16.5 Å². The van der Waals surface area contributed by atoms with Crippen LogP contribution in [-0.4, -0.2) is 20.9 Å². The molecule has 2 aromatic rings. The van der Waals surface area contributed by atoms with Crippen molar-refractivity contribution in [2.24, 2.45) is 7.05 Å². The topological polar surface area (TPSA) is 55.1 Å². The third kappa shape index (κ3) is 2.56. The first-order valence-electron chi connectivity index (χ1n) is 4.93. The lowest BCUT2D eigenvalue weighted by Gasteiger charge is -2.03. The number of nitrogens with zero attached hydrogens (tertiary/aromatic N) is 2. The number of hydrogen-bond donors (Lipinski definition) is 1. The van der Waals surface area contributed by atoms with Crippen LogP contribution in [0.3, 0.4) is 0 Å². The van der Waals surface area contributed by atoms with E-state index >= 15 is 0 Å². The van der Waals surface area contributed by atoms with Gasteiger partial charge in [-0.15, -0.1) is 0 Å². The van der Waals surface area contributed by atoms with Gasteiger partial charge in [-0.1, -0.05) is 23.2 Å². The zero-order valence-electron chi connectivity index (χ0n) is 9.42. The molecular formula is C11H6Cl2FIN2O2. The van der Waals surface area contributed by atoms with Gasteiger partial charge in [0.25, 0.3) is 0 Å². The minimum atomic E-state index is -1.23. The van der Waals surface area contributed by atoms with E-state index in [0.29, 0.717) is 3.57 Å². The van der Waals surface area contributed by atoms with E-state index in [4.69, 9.17) is 28.3 Å². The lowest BCUT2D eigenvalue weighted by molar-refractivity contribution is 0.0685. The molecule has 0 saturated heterocycles. The lowest BCUT2D eigenvalue weighted by Crippen LogP contribution is -2.05. The SMILES string of the molecule is Cn1nc(-c2cc(I)c(Cl)cc2F)c(Cl)c1C(=O)O. The molecule has 8 heteroatoms. The predicted molar refractivity (Wildman–Crippen MR) is 78.3 cm³/mol. The van der Waals surface area contributed by atoms with Crippen molar-refractivity contribution < 1.29 is 14.3 Å². The van der Waals surface area contributed by atoms with Crippen molar-refractivity contribution in [3.8, 4) is 11.3 Å². The van der Waals surface area contributed by atoms with Crippen LogP contribution < -0.4 is 0 Å². The fraction of sp³-hybridized carbons (Fsp3) is 0.0909. The number of aromatic nitrogens is 2. The molecule has 0 aliphatic heterocycles. The number of rotatable bonds is 2. The molecular weight excluding hydrogens is 409 g/mol. The molecule has 100 valence electrons. The van der Waals surface area contributed by atoms with Crippen molar-refractivity contribution in [1.82, 2.24) is 9.78 Å². The molecule has 1 aromatic carbocycles. The number of halogens is 4. The second-order valence-corrected chi connectivity index (χ2v) is 5.63. The predicted octanol–water partition coefficient (Wildman–Crippen LogP) is 3.84. The molecule has 0 aliphatic rings. The van der Waals surface area contributed by atoms with Crippen LogP contribution in [0.2, 0.25) is 10.0 Å². The van der Waals surface area contributed by atoms with E-state index in [1.54, 1.807) is 0 Å². The Labute approximate surface area is 131 Å². The number of aromatic carboxylic acids is 1. The highest BCUT2D eigenvalue weighted by molar-refractivity contribution is 14.1. The molecule has 0 fully saturated rings. The van der Waals surface area contributed by atoms with Crippen LogP contribution in [0.5, 0.6) is 0 Å². The Balaban J connectivity index is 2.70. The molecule has 19 heavy (non-hydrogen) atoms. The second kappa shape index (κ2) is 5.26. The summed E-state index contributed by atoms with van der Waals surface area (Å²) in [6.07, 6.45) is 0. The van der Waals surface area contributed by atoms with E-state index in [-0.39, 0.29) is 27.0 Å². The van der Waals surface area contributed by atoms with Crippen LogP contribution in [0.25, 0.3) is 11.3 Å². The van der Waals surface area contributed by atoms with Gasteiger partial charge in [0, 0.05) is 16.2 Å². The minimum absolute atomic E-state index is 0.0775. The Kier molecular flexibility index (Phi) is 4.03.